The Morgan fingerprint density at radius 2 is 2.19 bits per heavy atom. The van der Waals surface area contributed by atoms with Crippen molar-refractivity contribution in [1.29, 1.82) is 0 Å². The number of halogens is 1. The molecule has 0 radical (unpaired) electrons. The Morgan fingerprint density at radius 3 is 2.75 bits per heavy atom. The quantitative estimate of drug-likeness (QED) is 0.879. The zero-order chi connectivity index (χ0) is 11.7. The third-order valence-corrected chi connectivity index (χ3v) is 2.80. The number of nitrogens with one attached hydrogen (secondary N) is 1. The number of benzene rings is 1. The normalized spacial score (nSPS) is 10.3. The summed E-state index contributed by atoms with van der Waals surface area (Å²) >= 11 is 3.14. The Labute approximate surface area is 98.5 Å². The number of aromatic nitrogens is 2. The van der Waals surface area contributed by atoms with Crippen LogP contribution in [0.4, 0.5) is 0 Å². The number of carboxylic acids is 1. The number of aromatic carboxylic acids is 1. The summed E-state index contributed by atoms with van der Waals surface area (Å²) in [5.41, 5.74) is 0.316. The van der Waals surface area contributed by atoms with Crippen LogP contribution in [-0.4, -0.2) is 20.6 Å². The number of hydrogen-bond acceptors (Lipinski definition) is 2. The molecule has 0 saturated heterocycles. The number of H-pyrrole nitrogens is 1. The van der Waals surface area contributed by atoms with E-state index in [2.05, 4.69) is 20.9 Å². The first-order valence-corrected chi connectivity index (χ1v) is 5.18. The molecule has 2 aromatic rings. The Bertz CT molecular complexity index is 600. The third kappa shape index (κ3) is 1.79. The highest BCUT2D eigenvalue weighted by Gasteiger charge is 2.10. The van der Waals surface area contributed by atoms with E-state index >= 15 is 0 Å². The van der Waals surface area contributed by atoms with Gasteiger partial charge in [0.15, 0.2) is 0 Å². The summed E-state index contributed by atoms with van der Waals surface area (Å²) in [7, 11) is 0. The minimum Gasteiger partial charge on any atom is -0.478 e. The maximum Gasteiger partial charge on any atom is 0.336 e. The van der Waals surface area contributed by atoms with E-state index in [9.17, 15) is 9.59 Å². The molecule has 0 fully saturated rings. The van der Waals surface area contributed by atoms with E-state index < -0.39 is 5.97 Å². The van der Waals surface area contributed by atoms with Crippen LogP contribution in [-0.2, 0) is 0 Å². The number of aromatic amines is 1. The maximum absolute atomic E-state index is 11.3. The Kier molecular flexibility index (Phi) is 2.66. The number of nitrogens with zero attached hydrogens (tertiary/aromatic N) is 1. The molecule has 0 atom stereocenters. The third-order valence-electron chi connectivity index (χ3n) is 2.11. The molecule has 0 bridgehead atoms. The van der Waals surface area contributed by atoms with E-state index in [-0.39, 0.29) is 11.3 Å². The molecule has 6 heteroatoms. The van der Waals surface area contributed by atoms with Crippen molar-refractivity contribution in [1.82, 2.24) is 9.55 Å². The molecular weight excluding hydrogens is 276 g/mol. The van der Waals surface area contributed by atoms with Crippen LogP contribution < -0.4 is 5.69 Å². The zero-order valence-electron chi connectivity index (χ0n) is 7.98. The van der Waals surface area contributed by atoms with Gasteiger partial charge in [0.25, 0.3) is 0 Å². The van der Waals surface area contributed by atoms with Crippen LogP contribution in [0.15, 0.2) is 39.9 Å². The van der Waals surface area contributed by atoms with Gasteiger partial charge in [-0.3, -0.25) is 4.57 Å². The Balaban J connectivity index is 2.61. The van der Waals surface area contributed by atoms with Gasteiger partial charge < -0.3 is 10.1 Å². The van der Waals surface area contributed by atoms with Crippen LogP contribution in [0.5, 0.6) is 0 Å². The molecule has 82 valence electrons. The van der Waals surface area contributed by atoms with E-state index in [1.165, 1.54) is 23.0 Å². The standard InChI is InChI=1S/C10H7BrN2O3/c11-8-2-1-6(5-7(8)9(14)15)13-4-3-12-10(13)16/h1-5H,(H,12,16)(H,14,15). The fraction of sp³-hybridized carbons (Fsp3) is 0. The van der Waals surface area contributed by atoms with Crippen LogP contribution >= 0.6 is 15.9 Å². The van der Waals surface area contributed by atoms with Crippen molar-refractivity contribution in [3.63, 3.8) is 0 Å². The molecule has 2 N–H and O–H groups in total. The van der Waals surface area contributed by atoms with Gasteiger partial charge in [-0.1, -0.05) is 0 Å². The van der Waals surface area contributed by atoms with E-state index in [0.29, 0.717) is 10.2 Å². The van der Waals surface area contributed by atoms with E-state index in [0.717, 1.165) is 0 Å². The Morgan fingerprint density at radius 1 is 1.44 bits per heavy atom. The highest BCUT2D eigenvalue weighted by Crippen LogP contribution is 2.19. The summed E-state index contributed by atoms with van der Waals surface area (Å²) < 4.78 is 1.81. The van der Waals surface area contributed by atoms with E-state index in [1.54, 1.807) is 12.1 Å². The van der Waals surface area contributed by atoms with Crippen molar-refractivity contribution in [2.45, 2.75) is 0 Å². The molecule has 1 heterocycles. The van der Waals surface area contributed by atoms with Crippen LogP contribution in [0.25, 0.3) is 5.69 Å². The fourth-order valence-corrected chi connectivity index (χ4v) is 1.77. The fourth-order valence-electron chi connectivity index (χ4n) is 1.35. The van der Waals surface area contributed by atoms with Crippen LogP contribution in [0.3, 0.4) is 0 Å². The van der Waals surface area contributed by atoms with Gasteiger partial charge in [0.05, 0.1) is 11.3 Å². The first kappa shape index (κ1) is 10.7. The van der Waals surface area contributed by atoms with Gasteiger partial charge in [-0.05, 0) is 34.1 Å². The van der Waals surface area contributed by atoms with Crippen molar-refractivity contribution in [2.24, 2.45) is 0 Å². The molecule has 0 aliphatic heterocycles. The molecule has 0 spiro atoms. The van der Waals surface area contributed by atoms with Gasteiger partial charge in [0.2, 0.25) is 0 Å². The van der Waals surface area contributed by atoms with Crippen LogP contribution in [0.1, 0.15) is 10.4 Å². The molecule has 0 aliphatic rings. The predicted octanol–water partition coefficient (Wildman–Crippen LogP) is 1.63. The van der Waals surface area contributed by atoms with Gasteiger partial charge >= 0.3 is 11.7 Å². The molecule has 2 rings (SSSR count). The second-order valence-electron chi connectivity index (χ2n) is 3.10. The SMILES string of the molecule is O=C(O)c1cc(-n2cc[nH]c2=O)ccc1Br. The smallest absolute Gasteiger partial charge is 0.336 e. The van der Waals surface area contributed by atoms with Gasteiger partial charge in [-0.2, -0.15) is 0 Å². The van der Waals surface area contributed by atoms with Crippen molar-refractivity contribution in [2.75, 3.05) is 0 Å². The summed E-state index contributed by atoms with van der Waals surface area (Å²) in [5.74, 6) is -1.04. The lowest BCUT2D eigenvalue weighted by Crippen LogP contribution is -2.14. The lowest BCUT2D eigenvalue weighted by atomic mass is 10.2. The van der Waals surface area contributed by atoms with Crippen molar-refractivity contribution >= 4 is 21.9 Å². The summed E-state index contributed by atoms with van der Waals surface area (Å²) in [6.45, 7) is 0. The average Bonchev–Trinajstić information content (AvgIpc) is 2.65. The van der Waals surface area contributed by atoms with Crippen LogP contribution in [0, 0.1) is 0 Å². The first-order valence-electron chi connectivity index (χ1n) is 4.39. The Hall–Kier alpha value is -1.82. The zero-order valence-corrected chi connectivity index (χ0v) is 9.56. The number of hydrogen-bond donors (Lipinski definition) is 2. The molecule has 5 nitrogen and oxygen atoms in total. The minimum atomic E-state index is -1.04. The van der Waals surface area contributed by atoms with Gasteiger partial charge in [-0.25, -0.2) is 9.59 Å². The molecular formula is C10H7BrN2O3. The number of carboxylic acid groups (broad SMARTS) is 1. The predicted molar refractivity (Wildman–Crippen MR) is 61.0 cm³/mol. The molecule has 16 heavy (non-hydrogen) atoms. The summed E-state index contributed by atoms with van der Waals surface area (Å²) in [6.07, 6.45) is 3.03. The van der Waals surface area contributed by atoms with Gasteiger partial charge in [0, 0.05) is 16.9 Å². The molecule has 1 aromatic heterocycles. The average molecular weight is 283 g/mol. The first-order chi connectivity index (χ1) is 7.59. The second-order valence-corrected chi connectivity index (χ2v) is 3.96. The topological polar surface area (TPSA) is 75.1 Å². The largest absolute Gasteiger partial charge is 0.478 e. The van der Waals surface area contributed by atoms with Crippen LogP contribution in [0.2, 0.25) is 0 Å². The monoisotopic (exact) mass is 282 g/mol. The van der Waals surface area contributed by atoms with E-state index in [1.807, 2.05) is 0 Å². The van der Waals surface area contributed by atoms with Gasteiger partial charge in [0.1, 0.15) is 0 Å². The summed E-state index contributed by atoms with van der Waals surface area (Å²) in [6, 6.07) is 4.69. The molecule has 0 aliphatic carbocycles. The van der Waals surface area contributed by atoms with Crippen molar-refractivity contribution < 1.29 is 9.90 Å². The summed E-state index contributed by atoms with van der Waals surface area (Å²) in [4.78, 5) is 24.7. The van der Waals surface area contributed by atoms with Crippen molar-refractivity contribution in [3.8, 4) is 5.69 Å². The number of rotatable bonds is 2. The van der Waals surface area contributed by atoms with Gasteiger partial charge in [-0.15, -0.1) is 0 Å². The lowest BCUT2D eigenvalue weighted by molar-refractivity contribution is 0.0696. The number of carbonyl (C=O) groups is 1. The maximum atomic E-state index is 11.3. The molecule has 0 unspecified atom stereocenters. The lowest BCUT2D eigenvalue weighted by Gasteiger charge is -2.04. The molecule has 0 saturated carbocycles. The summed E-state index contributed by atoms with van der Waals surface area (Å²) in [5, 5.41) is 8.93. The molecule has 1 aromatic carbocycles. The number of imidazole rings is 1. The molecule has 0 amide bonds. The van der Waals surface area contributed by atoms with E-state index in [4.69, 9.17) is 5.11 Å². The minimum absolute atomic E-state index is 0.116. The van der Waals surface area contributed by atoms with Crippen molar-refractivity contribution in [3.05, 3.63) is 51.1 Å². The second kappa shape index (κ2) is 3.97. The highest BCUT2D eigenvalue weighted by molar-refractivity contribution is 9.10. The highest BCUT2D eigenvalue weighted by atomic mass is 79.9.